The second-order valence-corrected chi connectivity index (χ2v) is 4.95. The zero-order chi connectivity index (χ0) is 14.8. The highest BCUT2D eigenvalue weighted by atomic mass is 35.5. The van der Waals surface area contributed by atoms with E-state index in [2.05, 4.69) is 10.2 Å². The normalized spacial score (nSPS) is 11.3. The predicted molar refractivity (Wildman–Crippen MR) is 82.9 cm³/mol. The first-order chi connectivity index (χ1) is 10.1. The fourth-order valence-electron chi connectivity index (χ4n) is 2.00. The highest BCUT2D eigenvalue weighted by Crippen LogP contribution is 2.37. The molecule has 0 unspecified atom stereocenters. The number of benzene rings is 3. The van der Waals surface area contributed by atoms with Gasteiger partial charge in [-0.05, 0) is 47.9 Å². The third kappa shape index (κ3) is 2.80. The molecule has 0 atom stereocenters. The lowest BCUT2D eigenvalue weighted by molar-refractivity contribution is 0.475. The van der Waals surface area contributed by atoms with Gasteiger partial charge in [-0.15, -0.1) is 5.11 Å². The molecular formula is C16H11ClN2O2. The van der Waals surface area contributed by atoms with Crippen molar-refractivity contribution in [2.45, 2.75) is 0 Å². The summed E-state index contributed by atoms with van der Waals surface area (Å²) in [5.74, 6) is 0.113. The van der Waals surface area contributed by atoms with Gasteiger partial charge >= 0.3 is 0 Å². The van der Waals surface area contributed by atoms with Crippen molar-refractivity contribution in [3.05, 3.63) is 59.6 Å². The van der Waals surface area contributed by atoms with E-state index >= 15 is 0 Å². The van der Waals surface area contributed by atoms with Gasteiger partial charge in [0.05, 0.1) is 5.69 Å². The van der Waals surface area contributed by atoms with Crippen LogP contribution in [0.25, 0.3) is 10.8 Å². The molecule has 0 aromatic heterocycles. The molecule has 3 rings (SSSR count). The van der Waals surface area contributed by atoms with E-state index in [1.54, 1.807) is 54.6 Å². The maximum absolute atomic E-state index is 9.97. The van der Waals surface area contributed by atoms with Gasteiger partial charge in [0.25, 0.3) is 0 Å². The minimum absolute atomic E-state index is 0.00538. The molecule has 0 saturated heterocycles. The first-order valence-corrected chi connectivity index (χ1v) is 6.63. The second-order valence-electron chi connectivity index (χ2n) is 4.52. The van der Waals surface area contributed by atoms with E-state index in [0.29, 0.717) is 21.8 Å². The van der Waals surface area contributed by atoms with Gasteiger partial charge in [0.1, 0.15) is 17.2 Å². The van der Waals surface area contributed by atoms with Crippen LogP contribution in [-0.4, -0.2) is 10.2 Å². The molecule has 104 valence electrons. The summed E-state index contributed by atoms with van der Waals surface area (Å²) in [5, 5.41) is 29.8. The predicted octanol–water partition coefficient (Wildman–Crippen LogP) is 5.32. The van der Waals surface area contributed by atoms with Crippen LogP contribution < -0.4 is 0 Å². The van der Waals surface area contributed by atoms with Gasteiger partial charge in [0.15, 0.2) is 0 Å². The minimum Gasteiger partial charge on any atom is -0.508 e. The van der Waals surface area contributed by atoms with Gasteiger partial charge in [-0.25, -0.2) is 0 Å². The van der Waals surface area contributed by atoms with Gasteiger partial charge < -0.3 is 10.2 Å². The molecule has 0 saturated carbocycles. The summed E-state index contributed by atoms with van der Waals surface area (Å²) < 4.78 is 0. The van der Waals surface area contributed by atoms with Gasteiger partial charge in [-0.1, -0.05) is 23.7 Å². The van der Waals surface area contributed by atoms with Crippen molar-refractivity contribution in [1.29, 1.82) is 0 Å². The minimum atomic E-state index is 0.00538. The highest BCUT2D eigenvalue weighted by molar-refractivity contribution is 6.30. The van der Waals surface area contributed by atoms with Gasteiger partial charge in [0, 0.05) is 10.4 Å². The van der Waals surface area contributed by atoms with Crippen LogP contribution in [0.15, 0.2) is 64.8 Å². The van der Waals surface area contributed by atoms with Crippen molar-refractivity contribution in [3.8, 4) is 11.5 Å². The number of phenolic OH excluding ortho intramolecular Hbond substituents is 2. The van der Waals surface area contributed by atoms with Gasteiger partial charge in [-0.2, -0.15) is 5.11 Å². The van der Waals surface area contributed by atoms with Crippen LogP contribution in [0.3, 0.4) is 0 Å². The van der Waals surface area contributed by atoms with Crippen molar-refractivity contribution in [2.24, 2.45) is 10.2 Å². The lowest BCUT2D eigenvalue weighted by Crippen LogP contribution is -1.75. The Balaban J connectivity index is 2.09. The molecule has 0 aliphatic carbocycles. The number of aromatic hydroxyl groups is 2. The summed E-state index contributed by atoms with van der Waals surface area (Å²) in [7, 11) is 0. The lowest BCUT2D eigenvalue weighted by Gasteiger charge is -2.04. The Morgan fingerprint density at radius 1 is 0.810 bits per heavy atom. The van der Waals surface area contributed by atoms with E-state index in [-0.39, 0.29) is 11.5 Å². The Kier molecular flexibility index (Phi) is 3.46. The summed E-state index contributed by atoms with van der Waals surface area (Å²) in [4.78, 5) is 0. The molecule has 2 N–H and O–H groups in total. The van der Waals surface area contributed by atoms with E-state index in [1.807, 2.05) is 0 Å². The number of fused-ring (bicyclic) bond motifs is 1. The lowest BCUT2D eigenvalue weighted by atomic mass is 10.1. The monoisotopic (exact) mass is 298 g/mol. The molecule has 4 nitrogen and oxygen atoms in total. The average Bonchev–Trinajstić information content (AvgIpc) is 2.48. The SMILES string of the molecule is Oc1ccc2ccc(O)c(N=Nc3ccc(Cl)cc3)c2c1. The van der Waals surface area contributed by atoms with E-state index in [4.69, 9.17) is 11.6 Å². The molecule has 3 aromatic carbocycles. The molecule has 5 heteroatoms. The molecule has 0 radical (unpaired) electrons. The molecule has 0 heterocycles. The van der Waals surface area contributed by atoms with Crippen molar-refractivity contribution in [3.63, 3.8) is 0 Å². The quantitative estimate of drug-likeness (QED) is 0.629. The molecule has 0 amide bonds. The molecule has 0 bridgehead atoms. The number of phenols is 2. The summed E-state index contributed by atoms with van der Waals surface area (Å²) in [6, 6.07) is 15.1. The zero-order valence-corrected chi connectivity index (χ0v) is 11.6. The number of rotatable bonds is 2. The Labute approximate surface area is 126 Å². The standard InChI is InChI=1S/C16H11ClN2O2/c17-11-3-5-12(6-4-11)18-19-16-14-9-13(20)7-1-10(14)2-8-15(16)21/h1-9,20-21H. The summed E-state index contributed by atoms with van der Waals surface area (Å²) in [6.07, 6.45) is 0. The average molecular weight is 299 g/mol. The van der Waals surface area contributed by atoms with Crippen LogP contribution in [0.5, 0.6) is 11.5 Å². The van der Waals surface area contributed by atoms with Crippen LogP contribution >= 0.6 is 11.6 Å². The van der Waals surface area contributed by atoms with E-state index in [1.165, 1.54) is 0 Å². The van der Waals surface area contributed by atoms with Gasteiger partial charge in [0.2, 0.25) is 0 Å². The van der Waals surface area contributed by atoms with E-state index in [0.717, 1.165) is 5.39 Å². The first kappa shape index (κ1) is 13.4. The number of hydrogen-bond donors (Lipinski definition) is 2. The maximum atomic E-state index is 9.97. The molecular weight excluding hydrogens is 288 g/mol. The smallest absolute Gasteiger partial charge is 0.143 e. The maximum Gasteiger partial charge on any atom is 0.143 e. The van der Waals surface area contributed by atoms with Crippen molar-refractivity contribution in [1.82, 2.24) is 0 Å². The summed E-state index contributed by atoms with van der Waals surface area (Å²) in [6.45, 7) is 0. The third-order valence-corrected chi connectivity index (χ3v) is 3.30. The molecule has 0 aliphatic heterocycles. The number of hydrogen-bond acceptors (Lipinski definition) is 4. The second kappa shape index (κ2) is 5.42. The van der Waals surface area contributed by atoms with E-state index in [9.17, 15) is 10.2 Å². The van der Waals surface area contributed by atoms with Crippen molar-refractivity contribution < 1.29 is 10.2 Å². The third-order valence-electron chi connectivity index (χ3n) is 3.05. The number of nitrogens with zero attached hydrogens (tertiary/aromatic N) is 2. The molecule has 0 fully saturated rings. The largest absolute Gasteiger partial charge is 0.508 e. The Hall–Kier alpha value is -2.59. The van der Waals surface area contributed by atoms with Crippen molar-refractivity contribution >= 4 is 33.7 Å². The zero-order valence-electron chi connectivity index (χ0n) is 10.9. The topological polar surface area (TPSA) is 65.2 Å². The molecule has 0 aliphatic rings. The molecule has 0 spiro atoms. The Morgan fingerprint density at radius 3 is 2.29 bits per heavy atom. The van der Waals surface area contributed by atoms with Crippen LogP contribution in [0.1, 0.15) is 0 Å². The Bertz CT molecular complexity index is 824. The Morgan fingerprint density at radius 2 is 1.52 bits per heavy atom. The van der Waals surface area contributed by atoms with Crippen LogP contribution in [-0.2, 0) is 0 Å². The molecule has 3 aromatic rings. The highest BCUT2D eigenvalue weighted by Gasteiger charge is 2.07. The molecule has 21 heavy (non-hydrogen) atoms. The van der Waals surface area contributed by atoms with Crippen LogP contribution in [0.4, 0.5) is 11.4 Å². The van der Waals surface area contributed by atoms with Crippen LogP contribution in [0, 0.1) is 0 Å². The van der Waals surface area contributed by atoms with Crippen molar-refractivity contribution in [2.75, 3.05) is 0 Å². The summed E-state index contributed by atoms with van der Waals surface area (Å²) in [5.41, 5.74) is 0.939. The fourth-order valence-corrected chi connectivity index (χ4v) is 2.13. The number of halogens is 1. The fraction of sp³-hybridized carbons (Fsp3) is 0. The van der Waals surface area contributed by atoms with E-state index < -0.39 is 0 Å². The summed E-state index contributed by atoms with van der Waals surface area (Å²) >= 11 is 5.81. The van der Waals surface area contributed by atoms with Gasteiger partial charge in [-0.3, -0.25) is 0 Å². The first-order valence-electron chi connectivity index (χ1n) is 6.25. The number of azo groups is 1. The van der Waals surface area contributed by atoms with Crippen LogP contribution in [0.2, 0.25) is 5.02 Å².